The molecule has 0 saturated carbocycles. The summed E-state index contributed by atoms with van der Waals surface area (Å²) in [6.45, 7) is 1.87. The van der Waals surface area contributed by atoms with Gasteiger partial charge in [0.05, 0.1) is 24.0 Å². The second-order valence-electron chi connectivity index (χ2n) is 4.25. The first-order valence-electron chi connectivity index (χ1n) is 6.10. The molecular weight excluding hydrogens is 363 g/mol. The number of aromatic nitrogens is 2. The first-order chi connectivity index (χ1) is 9.52. The molecule has 106 valence electrons. The van der Waals surface area contributed by atoms with Crippen molar-refractivity contribution < 1.29 is 62.7 Å². The second-order valence-corrected chi connectivity index (χ2v) is 5.16. The van der Waals surface area contributed by atoms with Gasteiger partial charge in [0.25, 0.3) is 0 Å². The third-order valence-electron chi connectivity index (χ3n) is 2.93. The summed E-state index contributed by atoms with van der Waals surface area (Å²) < 4.78 is 2.55. The van der Waals surface area contributed by atoms with E-state index < -0.39 is 5.97 Å². The average Bonchev–Trinajstić information content (AvgIpc) is 2.41. The first-order valence-corrected chi connectivity index (χ1v) is 6.90. The van der Waals surface area contributed by atoms with Crippen LogP contribution >= 0.6 is 15.9 Å². The maximum atomic E-state index is 11.8. The summed E-state index contributed by atoms with van der Waals surface area (Å²) in [5, 5.41) is 13.0. The molecule has 0 aliphatic carbocycles. The number of carboxylic acid groups (broad SMARTS) is 1. The minimum atomic E-state index is -1.02. The van der Waals surface area contributed by atoms with Crippen LogP contribution in [0.3, 0.4) is 0 Å². The van der Waals surface area contributed by atoms with Crippen molar-refractivity contribution in [1.29, 1.82) is 0 Å². The van der Waals surface area contributed by atoms with Crippen molar-refractivity contribution >= 4 is 21.9 Å². The van der Waals surface area contributed by atoms with Crippen molar-refractivity contribution in [3.63, 3.8) is 0 Å². The quantitative estimate of drug-likeness (QED) is 0.716. The van der Waals surface area contributed by atoms with Gasteiger partial charge in [0.15, 0.2) is 0 Å². The van der Waals surface area contributed by atoms with Crippen LogP contribution in [0.15, 0.2) is 39.7 Å². The number of hydrogen-bond donors (Lipinski definition) is 1. The fourth-order valence-electron chi connectivity index (χ4n) is 2.04. The van der Waals surface area contributed by atoms with Gasteiger partial charge in [-0.2, -0.15) is 5.10 Å². The average molecular weight is 377 g/mol. The van der Waals surface area contributed by atoms with Crippen LogP contribution in [-0.4, -0.2) is 20.9 Å². The normalized spacial score (nSPS) is 10.0. The zero-order valence-electron chi connectivity index (χ0n) is 12.8. The Hall–Kier alpha value is -0.314. The molecule has 0 fully saturated rings. The zero-order valence-corrected chi connectivity index (χ0v) is 16.5. The molecule has 0 atom stereocenters. The smallest absolute Gasteiger partial charge is 1.00 e. The summed E-state index contributed by atoms with van der Waals surface area (Å²) in [6, 6.07) is 7.44. The predicted octanol–water partition coefficient (Wildman–Crippen LogP) is -0.699. The van der Waals surface area contributed by atoms with Gasteiger partial charge in [-0.25, -0.2) is 4.68 Å². The van der Waals surface area contributed by atoms with E-state index in [1.54, 1.807) is 4.68 Å². The van der Waals surface area contributed by atoms with Crippen molar-refractivity contribution in [2.24, 2.45) is 0 Å². The fourth-order valence-corrected chi connectivity index (χ4v) is 2.30. The van der Waals surface area contributed by atoms with Crippen LogP contribution in [0, 0.1) is 0 Å². The summed E-state index contributed by atoms with van der Waals surface area (Å²) in [4.78, 5) is 22.7. The monoisotopic (exact) mass is 376 g/mol. The molecule has 2 aromatic rings. The Kier molecular flexibility index (Phi) is 7.45. The zero-order chi connectivity index (χ0) is 14.7. The maximum absolute atomic E-state index is 11.8. The minimum Gasteiger partial charge on any atom is -1.00 e. The Morgan fingerprint density at radius 2 is 2.00 bits per heavy atom. The Balaban J connectivity index is 0.00000220. The van der Waals surface area contributed by atoms with E-state index in [1.165, 1.54) is 6.20 Å². The van der Waals surface area contributed by atoms with Gasteiger partial charge in [-0.15, -0.1) is 0 Å². The van der Waals surface area contributed by atoms with Gasteiger partial charge >= 0.3 is 57.4 Å². The van der Waals surface area contributed by atoms with Crippen molar-refractivity contribution in [2.75, 3.05) is 0 Å². The second kappa shape index (κ2) is 8.35. The molecule has 1 heterocycles. The summed E-state index contributed by atoms with van der Waals surface area (Å²) in [6.07, 6.45) is 1.41. The Labute approximate surface area is 174 Å². The molecule has 0 spiro atoms. The van der Waals surface area contributed by atoms with Crippen molar-refractivity contribution in [3.8, 4) is 5.69 Å². The van der Waals surface area contributed by atoms with Crippen LogP contribution in [0.5, 0.6) is 0 Å². The fraction of sp³-hybridized carbons (Fsp3) is 0.214. The number of aliphatic carboxylic acids is 1. The van der Waals surface area contributed by atoms with Gasteiger partial charge in [0, 0.05) is 10.0 Å². The molecule has 21 heavy (non-hydrogen) atoms. The molecule has 0 aliphatic rings. The van der Waals surface area contributed by atoms with Crippen LogP contribution in [-0.2, 0) is 17.6 Å². The molecular formula is C14H14BrKN2O3. The van der Waals surface area contributed by atoms with Gasteiger partial charge in [0.1, 0.15) is 0 Å². The number of rotatable bonds is 4. The Morgan fingerprint density at radius 1 is 1.38 bits per heavy atom. The van der Waals surface area contributed by atoms with Crippen LogP contribution in [0.25, 0.3) is 5.69 Å². The van der Waals surface area contributed by atoms with E-state index in [0.717, 1.165) is 10.2 Å². The van der Waals surface area contributed by atoms with Crippen LogP contribution in [0.4, 0.5) is 0 Å². The van der Waals surface area contributed by atoms with Gasteiger partial charge in [0.2, 0.25) is 5.43 Å². The molecule has 1 aromatic carbocycles. The summed E-state index contributed by atoms with van der Waals surface area (Å²) in [5.41, 5.74) is 1.37. The van der Waals surface area contributed by atoms with Crippen LogP contribution in [0.1, 0.15) is 19.6 Å². The summed E-state index contributed by atoms with van der Waals surface area (Å²) in [5.74, 6) is -1.02. The molecule has 7 heteroatoms. The van der Waals surface area contributed by atoms with Gasteiger partial charge in [-0.1, -0.05) is 22.9 Å². The van der Waals surface area contributed by atoms with E-state index in [1.807, 2.05) is 31.2 Å². The molecule has 5 nitrogen and oxygen atoms in total. The van der Waals surface area contributed by atoms with E-state index in [9.17, 15) is 9.59 Å². The van der Waals surface area contributed by atoms with Crippen LogP contribution < -0.4 is 56.8 Å². The minimum absolute atomic E-state index is 0. The van der Waals surface area contributed by atoms with Gasteiger partial charge < -0.3 is 6.53 Å². The molecule has 2 rings (SSSR count). The predicted molar refractivity (Wildman–Crippen MR) is 79.4 cm³/mol. The summed E-state index contributed by atoms with van der Waals surface area (Å²) in [7, 11) is 0. The SMILES string of the molecule is CCc1c(CC(=O)O)c(=O)cnn1-c1ccc(Br)cc1.[H-].[K+]. The number of hydrogen-bond acceptors (Lipinski definition) is 3. The van der Waals surface area contributed by atoms with Crippen molar-refractivity contribution in [3.05, 3.63) is 56.4 Å². The van der Waals surface area contributed by atoms with E-state index in [2.05, 4.69) is 21.0 Å². The first kappa shape index (κ1) is 18.7. The van der Waals surface area contributed by atoms with Crippen molar-refractivity contribution in [2.45, 2.75) is 19.8 Å². The van der Waals surface area contributed by atoms with Gasteiger partial charge in [-0.05, 0) is 30.7 Å². The third kappa shape index (κ3) is 4.58. The van der Waals surface area contributed by atoms with E-state index in [-0.39, 0.29) is 70.2 Å². The van der Waals surface area contributed by atoms with E-state index in [0.29, 0.717) is 12.1 Å². The topological polar surface area (TPSA) is 72.2 Å². The maximum Gasteiger partial charge on any atom is 1.00 e. The molecule has 1 N–H and O–H groups in total. The number of halogens is 1. The van der Waals surface area contributed by atoms with Crippen molar-refractivity contribution in [1.82, 2.24) is 9.78 Å². The molecule has 0 unspecified atom stereocenters. The van der Waals surface area contributed by atoms with Gasteiger partial charge in [-0.3, -0.25) is 9.59 Å². The molecule has 0 bridgehead atoms. The largest absolute Gasteiger partial charge is 1.00 e. The molecule has 1 aromatic heterocycles. The number of nitrogens with zero attached hydrogens (tertiary/aromatic N) is 2. The standard InChI is InChI=1S/C14H13BrN2O3.K.H/c1-2-12-11(7-14(19)20)13(18)8-16-17(12)10-5-3-9(15)4-6-10;;/h3-6,8H,2,7H2,1H3,(H,19,20);;/q;+1;-1. The van der Waals surface area contributed by atoms with E-state index in [4.69, 9.17) is 5.11 Å². The number of benzene rings is 1. The Morgan fingerprint density at radius 3 is 2.52 bits per heavy atom. The van der Waals surface area contributed by atoms with Crippen LogP contribution in [0.2, 0.25) is 0 Å². The Bertz CT molecular complexity index is 704. The molecule has 0 radical (unpaired) electrons. The third-order valence-corrected chi connectivity index (χ3v) is 3.45. The number of carboxylic acids is 1. The molecule has 0 amide bonds. The number of carbonyl (C=O) groups is 1. The summed E-state index contributed by atoms with van der Waals surface area (Å²) >= 11 is 3.36. The molecule has 0 aliphatic heterocycles. The van der Waals surface area contributed by atoms with E-state index >= 15 is 0 Å². The molecule has 0 saturated heterocycles.